The number of H-pyrrole nitrogens is 1. The number of aryl methyl sites for hydroxylation is 2. The molecule has 0 saturated carbocycles. The van der Waals surface area contributed by atoms with Crippen molar-refractivity contribution in [3.63, 3.8) is 0 Å². The van der Waals surface area contributed by atoms with Crippen LogP contribution in [0.5, 0.6) is 0 Å². The molecule has 0 unspecified atom stereocenters. The van der Waals surface area contributed by atoms with Gasteiger partial charge in [-0.1, -0.05) is 24.3 Å². The number of pyridine rings is 1. The molecule has 0 bridgehead atoms. The fraction of sp³-hybridized carbons (Fsp3) is 0.167. The first-order valence-electron chi connectivity index (χ1n) is 9.87. The van der Waals surface area contributed by atoms with Crippen molar-refractivity contribution in [2.75, 3.05) is 5.32 Å². The highest BCUT2D eigenvalue weighted by atomic mass is 19.1. The second-order valence-corrected chi connectivity index (χ2v) is 7.46. The summed E-state index contributed by atoms with van der Waals surface area (Å²) in [5.74, 6) is 0.0105. The van der Waals surface area contributed by atoms with Crippen molar-refractivity contribution in [1.29, 1.82) is 0 Å². The van der Waals surface area contributed by atoms with E-state index in [1.807, 2.05) is 32.0 Å². The number of rotatable bonds is 5. The summed E-state index contributed by atoms with van der Waals surface area (Å²) in [4.78, 5) is 30.1. The summed E-state index contributed by atoms with van der Waals surface area (Å²) >= 11 is 0. The van der Waals surface area contributed by atoms with E-state index in [0.717, 1.165) is 22.0 Å². The first-order valence-corrected chi connectivity index (χ1v) is 9.87. The third-order valence-electron chi connectivity index (χ3n) is 5.21. The van der Waals surface area contributed by atoms with Gasteiger partial charge >= 0.3 is 6.03 Å². The molecular weight excluding hydrogens is 397 g/mol. The van der Waals surface area contributed by atoms with Gasteiger partial charge in [0.25, 0.3) is 5.56 Å². The van der Waals surface area contributed by atoms with Crippen molar-refractivity contribution >= 4 is 22.6 Å². The second kappa shape index (κ2) is 8.47. The summed E-state index contributed by atoms with van der Waals surface area (Å²) in [6.45, 7) is 4.05. The monoisotopic (exact) mass is 419 g/mol. The summed E-state index contributed by atoms with van der Waals surface area (Å²) in [7, 11) is 0. The molecule has 2 aromatic carbocycles. The minimum Gasteiger partial charge on any atom is -0.467 e. The molecule has 0 aliphatic heterocycles. The number of aromatic nitrogens is 1. The van der Waals surface area contributed by atoms with Crippen LogP contribution in [-0.2, 0) is 13.1 Å². The quantitative estimate of drug-likeness (QED) is 0.472. The molecule has 4 aromatic rings. The van der Waals surface area contributed by atoms with E-state index in [0.29, 0.717) is 11.3 Å². The van der Waals surface area contributed by atoms with Gasteiger partial charge in [0, 0.05) is 10.9 Å². The molecule has 0 radical (unpaired) electrons. The normalized spacial score (nSPS) is 10.9. The van der Waals surface area contributed by atoms with Crippen LogP contribution in [0.25, 0.3) is 10.9 Å². The number of para-hydroxylation sites is 1. The number of fused-ring (bicyclic) bond motifs is 1. The predicted octanol–water partition coefficient (Wildman–Crippen LogP) is 5.11. The number of aromatic amines is 1. The summed E-state index contributed by atoms with van der Waals surface area (Å²) in [5.41, 5.74) is 2.99. The van der Waals surface area contributed by atoms with Crippen LogP contribution in [0.2, 0.25) is 0 Å². The number of nitrogens with zero attached hydrogens (tertiary/aromatic N) is 1. The zero-order valence-corrected chi connectivity index (χ0v) is 17.2. The number of nitrogens with one attached hydrogen (secondary N) is 2. The number of anilines is 1. The fourth-order valence-electron chi connectivity index (χ4n) is 3.49. The molecule has 6 nitrogen and oxygen atoms in total. The van der Waals surface area contributed by atoms with Crippen molar-refractivity contribution in [2.24, 2.45) is 0 Å². The van der Waals surface area contributed by atoms with E-state index in [1.54, 1.807) is 24.3 Å². The van der Waals surface area contributed by atoms with E-state index in [2.05, 4.69) is 10.3 Å². The molecule has 31 heavy (non-hydrogen) atoms. The van der Waals surface area contributed by atoms with E-state index < -0.39 is 11.8 Å². The van der Waals surface area contributed by atoms with Gasteiger partial charge in [-0.2, -0.15) is 0 Å². The highest BCUT2D eigenvalue weighted by Crippen LogP contribution is 2.21. The van der Waals surface area contributed by atoms with Crippen LogP contribution >= 0.6 is 0 Å². The summed E-state index contributed by atoms with van der Waals surface area (Å²) in [5, 5.41) is 3.50. The molecule has 7 heteroatoms. The SMILES string of the molecule is Cc1ccc(C)c2[nH]c(=O)c(CN(Cc3ccco3)C(=O)Nc3ccccc3F)cc12. The van der Waals surface area contributed by atoms with E-state index in [1.165, 1.54) is 23.3 Å². The Labute approximate surface area is 178 Å². The Morgan fingerprint density at radius 3 is 2.58 bits per heavy atom. The van der Waals surface area contributed by atoms with Gasteiger partial charge < -0.3 is 19.6 Å². The maximum atomic E-state index is 14.0. The average Bonchev–Trinajstić information content (AvgIpc) is 3.26. The molecule has 4 rings (SSSR count). The number of benzene rings is 2. The summed E-state index contributed by atoms with van der Waals surface area (Å²) in [6.07, 6.45) is 1.51. The molecule has 2 aromatic heterocycles. The molecule has 0 spiro atoms. The molecule has 0 aliphatic carbocycles. The lowest BCUT2D eigenvalue weighted by Gasteiger charge is -2.22. The van der Waals surface area contributed by atoms with Gasteiger partial charge in [0.2, 0.25) is 0 Å². The number of carbonyl (C=O) groups is 1. The van der Waals surface area contributed by atoms with Crippen molar-refractivity contribution in [3.8, 4) is 0 Å². The predicted molar refractivity (Wildman–Crippen MR) is 117 cm³/mol. The van der Waals surface area contributed by atoms with Crippen molar-refractivity contribution in [2.45, 2.75) is 26.9 Å². The van der Waals surface area contributed by atoms with Gasteiger partial charge in [-0.05, 0) is 55.3 Å². The lowest BCUT2D eigenvalue weighted by atomic mass is 10.0. The molecule has 0 saturated heterocycles. The number of furan rings is 1. The maximum Gasteiger partial charge on any atom is 0.322 e. The smallest absolute Gasteiger partial charge is 0.322 e. The lowest BCUT2D eigenvalue weighted by molar-refractivity contribution is 0.201. The van der Waals surface area contributed by atoms with Gasteiger partial charge in [0.05, 0.1) is 30.6 Å². The topological polar surface area (TPSA) is 78.3 Å². The van der Waals surface area contributed by atoms with Gasteiger partial charge in [0.1, 0.15) is 11.6 Å². The number of hydrogen-bond acceptors (Lipinski definition) is 3. The van der Waals surface area contributed by atoms with Crippen LogP contribution in [0.15, 0.2) is 70.1 Å². The Morgan fingerprint density at radius 2 is 1.84 bits per heavy atom. The van der Waals surface area contributed by atoms with E-state index in [9.17, 15) is 14.0 Å². The molecule has 0 aliphatic rings. The average molecular weight is 419 g/mol. The number of hydrogen-bond donors (Lipinski definition) is 2. The number of carbonyl (C=O) groups excluding carboxylic acids is 1. The molecule has 2 N–H and O–H groups in total. The minimum atomic E-state index is -0.540. The van der Waals surface area contributed by atoms with Crippen molar-refractivity contribution in [1.82, 2.24) is 9.88 Å². The Kier molecular flexibility index (Phi) is 5.58. The van der Waals surface area contributed by atoms with Crippen LogP contribution in [0.4, 0.5) is 14.9 Å². The standard InChI is InChI=1S/C24H22FN3O3/c1-15-9-10-16(2)22-19(15)12-17(23(29)27-22)13-28(14-18-6-5-11-31-18)24(30)26-21-8-4-3-7-20(21)25/h3-12H,13-14H2,1-2H3,(H,26,30)(H,27,29). The van der Waals surface area contributed by atoms with Crippen LogP contribution in [0.3, 0.4) is 0 Å². The highest BCUT2D eigenvalue weighted by Gasteiger charge is 2.19. The number of halogens is 1. The van der Waals surface area contributed by atoms with Crippen molar-refractivity contribution < 1.29 is 13.6 Å². The Hall–Kier alpha value is -3.87. The molecule has 0 fully saturated rings. The summed E-state index contributed by atoms with van der Waals surface area (Å²) < 4.78 is 19.4. The van der Waals surface area contributed by atoms with Crippen LogP contribution in [-0.4, -0.2) is 15.9 Å². The Bertz CT molecular complexity index is 1300. The maximum absolute atomic E-state index is 14.0. The zero-order valence-electron chi connectivity index (χ0n) is 17.2. The number of urea groups is 1. The number of amides is 2. The van der Waals surface area contributed by atoms with Crippen LogP contribution in [0.1, 0.15) is 22.5 Å². The molecule has 0 atom stereocenters. The first kappa shape index (κ1) is 20.4. The molecule has 2 amide bonds. The Morgan fingerprint density at radius 1 is 1.06 bits per heavy atom. The third-order valence-corrected chi connectivity index (χ3v) is 5.21. The fourth-order valence-corrected chi connectivity index (χ4v) is 3.49. The van der Waals surface area contributed by atoms with Gasteiger partial charge in [0.15, 0.2) is 0 Å². The second-order valence-electron chi connectivity index (χ2n) is 7.46. The Balaban J connectivity index is 1.68. The molecule has 2 heterocycles. The highest BCUT2D eigenvalue weighted by molar-refractivity contribution is 5.89. The third kappa shape index (κ3) is 4.35. The van der Waals surface area contributed by atoms with Gasteiger partial charge in [-0.25, -0.2) is 9.18 Å². The van der Waals surface area contributed by atoms with Crippen LogP contribution < -0.4 is 10.9 Å². The summed E-state index contributed by atoms with van der Waals surface area (Å²) in [6, 6.07) is 14.6. The zero-order chi connectivity index (χ0) is 22.0. The van der Waals surface area contributed by atoms with E-state index >= 15 is 0 Å². The molecule has 158 valence electrons. The van der Waals surface area contributed by atoms with E-state index in [-0.39, 0.29) is 24.3 Å². The van der Waals surface area contributed by atoms with Crippen LogP contribution in [0, 0.1) is 19.7 Å². The lowest BCUT2D eigenvalue weighted by Crippen LogP contribution is -2.36. The van der Waals surface area contributed by atoms with E-state index in [4.69, 9.17) is 4.42 Å². The van der Waals surface area contributed by atoms with Gasteiger partial charge in [-0.15, -0.1) is 0 Å². The van der Waals surface area contributed by atoms with Crippen molar-refractivity contribution in [3.05, 3.63) is 99.5 Å². The largest absolute Gasteiger partial charge is 0.467 e. The first-order chi connectivity index (χ1) is 14.9. The minimum absolute atomic E-state index is 0.0274. The van der Waals surface area contributed by atoms with Gasteiger partial charge in [-0.3, -0.25) is 4.79 Å². The molecular formula is C24H22FN3O3.